The Bertz CT molecular complexity index is 1530. The molecule has 6 aromatic rings. The number of aromatic hydroxyl groups is 1. The van der Waals surface area contributed by atoms with Gasteiger partial charge in [-0.1, -0.05) is 78.4 Å². The van der Waals surface area contributed by atoms with Gasteiger partial charge >= 0.3 is 0 Å². The molecule has 3 nitrogen and oxygen atoms in total. The second kappa shape index (κ2) is 11.2. The van der Waals surface area contributed by atoms with E-state index in [-0.39, 0.29) is 5.75 Å². The number of hydrogen-bond donors (Lipinski definition) is 1. The van der Waals surface area contributed by atoms with Crippen LogP contribution in [0.5, 0.6) is 5.75 Å². The highest BCUT2D eigenvalue weighted by atomic mass is 16.3. The minimum absolute atomic E-state index is 0.253. The van der Waals surface area contributed by atoms with Crippen LogP contribution < -0.4 is 9.80 Å². The second-order valence-corrected chi connectivity index (χ2v) is 9.79. The maximum atomic E-state index is 9.81. The largest absolute Gasteiger partial charge is 0.508 e. The van der Waals surface area contributed by atoms with Gasteiger partial charge in [-0.25, -0.2) is 0 Å². The molecule has 6 aromatic carbocycles. The average Bonchev–Trinajstić information content (AvgIpc) is 3.01. The molecule has 0 radical (unpaired) electrons. The zero-order chi connectivity index (χ0) is 27.3. The quantitative estimate of drug-likeness (QED) is 0.228. The maximum absolute atomic E-state index is 9.81. The summed E-state index contributed by atoms with van der Waals surface area (Å²) in [6.07, 6.45) is 0. The number of phenols is 1. The van der Waals surface area contributed by atoms with Crippen molar-refractivity contribution >= 4 is 34.1 Å². The molecular formula is C37H30N2O. The van der Waals surface area contributed by atoms with Crippen molar-refractivity contribution in [3.63, 3.8) is 0 Å². The van der Waals surface area contributed by atoms with Crippen molar-refractivity contribution in [3.05, 3.63) is 163 Å². The number of rotatable bonds is 7. The van der Waals surface area contributed by atoms with Crippen LogP contribution in [0.2, 0.25) is 0 Å². The van der Waals surface area contributed by atoms with Gasteiger partial charge in [-0.15, -0.1) is 0 Å². The van der Waals surface area contributed by atoms with Gasteiger partial charge in [-0.3, -0.25) is 0 Å². The van der Waals surface area contributed by atoms with E-state index in [4.69, 9.17) is 0 Å². The summed E-state index contributed by atoms with van der Waals surface area (Å²) < 4.78 is 0. The zero-order valence-corrected chi connectivity index (χ0v) is 22.4. The van der Waals surface area contributed by atoms with E-state index in [9.17, 15) is 5.11 Å². The molecule has 194 valence electrons. The molecule has 0 saturated carbocycles. The number of benzene rings is 6. The summed E-state index contributed by atoms with van der Waals surface area (Å²) >= 11 is 0. The van der Waals surface area contributed by atoms with Gasteiger partial charge in [-0.05, 0) is 103 Å². The first-order chi connectivity index (χ1) is 19.7. The summed E-state index contributed by atoms with van der Waals surface area (Å²) in [5.41, 5.74) is 10.00. The Balaban J connectivity index is 1.31. The molecule has 0 bridgehead atoms. The molecule has 0 spiro atoms. The molecule has 0 aliphatic carbocycles. The number of anilines is 6. The van der Waals surface area contributed by atoms with Gasteiger partial charge in [0.15, 0.2) is 0 Å². The minimum atomic E-state index is 0.253. The third-order valence-electron chi connectivity index (χ3n) is 7.01. The van der Waals surface area contributed by atoms with Crippen molar-refractivity contribution in [3.8, 4) is 16.9 Å². The Morgan fingerprint density at radius 1 is 0.350 bits per heavy atom. The number of nitrogens with zero attached hydrogens (tertiary/aromatic N) is 2. The molecule has 0 atom stereocenters. The Kier molecular flexibility index (Phi) is 7.02. The Morgan fingerprint density at radius 3 is 1.02 bits per heavy atom. The fourth-order valence-electron chi connectivity index (χ4n) is 4.95. The predicted octanol–water partition coefficient (Wildman–Crippen LogP) is 10.3. The van der Waals surface area contributed by atoms with E-state index in [0.29, 0.717) is 0 Å². The minimum Gasteiger partial charge on any atom is -0.508 e. The van der Waals surface area contributed by atoms with Gasteiger partial charge < -0.3 is 14.9 Å². The zero-order valence-electron chi connectivity index (χ0n) is 22.4. The highest BCUT2D eigenvalue weighted by molar-refractivity contribution is 5.80. The van der Waals surface area contributed by atoms with Crippen molar-refractivity contribution in [2.24, 2.45) is 0 Å². The summed E-state index contributed by atoms with van der Waals surface area (Å²) in [5.74, 6) is 0.253. The van der Waals surface area contributed by atoms with Crippen molar-refractivity contribution in [1.82, 2.24) is 0 Å². The van der Waals surface area contributed by atoms with Crippen LogP contribution >= 0.6 is 0 Å². The van der Waals surface area contributed by atoms with Crippen LogP contribution in [0.25, 0.3) is 11.1 Å². The van der Waals surface area contributed by atoms with E-state index in [0.717, 1.165) is 45.3 Å². The number of hydrogen-bond acceptors (Lipinski definition) is 3. The molecule has 0 amide bonds. The fourth-order valence-corrected chi connectivity index (χ4v) is 4.95. The van der Waals surface area contributed by atoms with Gasteiger partial charge in [-0.2, -0.15) is 0 Å². The maximum Gasteiger partial charge on any atom is 0.115 e. The van der Waals surface area contributed by atoms with Gasteiger partial charge in [0.1, 0.15) is 5.75 Å². The second-order valence-electron chi connectivity index (χ2n) is 9.79. The first-order valence-corrected chi connectivity index (χ1v) is 13.4. The van der Waals surface area contributed by atoms with Crippen molar-refractivity contribution in [1.29, 1.82) is 0 Å². The number of phenolic OH excluding ortho intramolecular Hbond substituents is 1. The lowest BCUT2D eigenvalue weighted by Crippen LogP contribution is -2.09. The lowest BCUT2D eigenvalue weighted by Gasteiger charge is -2.26. The molecule has 40 heavy (non-hydrogen) atoms. The van der Waals surface area contributed by atoms with Crippen LogP contribution in [0.4, 0.5) is 34.1 Å². The average molecular weight is 519 g/mol. The third-order valence-corrected chi connectivity index (χ3v) is 7.01. The van der Waals surface area contributed by atoms with E-state index in [1.807, 2.05) is 36.4 Å². The smallest absolute Gasteiger partial charge is 0.115 e. The van der Waals surface area contributed by atoms with Crippen LogP contribution in [-0.4, -0.2) is 5.11 Å². The highest BCUT2D eigenvalue weighted by Gasteiger charge is 2.14. The topological polar surface area (TPSA) is 26.7 Å². The van der Waals surface area contributed by atoms with E-state index in [1.165, 1.54) is 5.56 Å². The fraction of sp³-hybridized carbons (Fsp3) is 0.0270. The molecule has 0 aromatic heterocycles. The summed E-state index contributed by atoms with van der Waals surface area (Å²) in [6, 6.07) is 54.0. The van der Waals surface area contributed by atoms with E-state index in [1.54, 1.807) is 12.1 Å². The van der Waals surface area contributed by atoms with Crippen LogP contribution in [0.3, 0.4) is 0 Å². The van der Waals surface area contributed by atoms with Crippen LogP contribution in [0.1, 0.15) is 5.56 Å². The summed E-state index contributed by atoms with van der Waals surface area (Å²) in [6.45, 7) is 2.11. The van der Waals surface area contributed by atoms with Gasteiger partial charge in [0.05, 0.1) is 0 Å². The van der Waals surface area contributed by atoms with Gasteiger partial charge in [0.2, 0.25) is 0 Å². The van der Waals surface area contributed by atoms with Crippen molar-refractivity contribution < 1.29 is 5.11 Å². The first kappa shape index (κ1) is 25.0. The summed E-state index contributed by atoms with van der Waals surface area (Å²) in [5, 5.41) is 9.81. The lowest BCUT2D eigenvalue weighted by molar-refractivity contribution is 0.475. The lowest BCUT2D eigenvalue weighted by atomic mass is 10.0. The molecular weight excluding hydrogens is 488 g/mol. The molecule has 6 rings (SSSR count). The summed E-state index contributed by atoms with van der Waals surface area (Å²) in [4.78, 5) is 4.47. The van der Waals surface area contributed by atoms with Crippen LogP contribution in [0.15, 0.2) is 158 Å². The van der Waals surface area contributed by atoms with Gasteiger partial charge in [0, 0.05) is 34.1 Å². The number of aryl methyl sites for hydroxylation is 1. The Morgan fingerprint density at radius 2 is 0.650 bits per heavy atom. The van der Waals surface area contributed by atoms with Crippen LogP contribution in [-0.2, 0) is 0 Å². The van der Waals surface area contributed by atoms with E-state index < -0.39 is 0 Å². The summed E-state index contributed by atoms with van der Waals surface area (Å²) in [7, 11) is 0. The molecule has 0 saturated heterocycles. The highest BCUT2D eigenvalue weighted by Crippen LogP contribution is 2.38. The number of para-hydroxylation sites is 2. The monoisotopic (exact) mass is 518 g/mol. The van der Waals surface area contributed by atoms with Crippen molar-refractivity contribution in [2.75, 3.05) is 9.80 Å². The molecule has 0 fully saturated rings. The van der Waals surface area contributed by atoms with Crippen molar-refractivity contribution in [2.45, 2.75) is 6.92 Å². The molecule has 0 heterocycles. The van der Waals surface area contributed by atoms with Gasteiger partial charge in [0.25, 0.3) is 0 Å². The molecule has 3 heteroatoms. The SMILES string of the molecule is Cc1ccc(N(c2ccccc2)c2ccc(-c3ccc(N(c4ccccc4)c4ccc(O)cc4)cc3)cc2)cc1. The molecule has 0 aliphatic rings. The first-order valence-electron chi connectivity index (χ1n) is 13.4. The molecule has 0 unspecified atom stereocenters. The standard InChI is InChI=1S/C37H30N2O/c1-28-12-18-33(19-13-28)38(31-8-4-2-5-9-31)34-20-14-29(15-21-34)30-16-22-35(23-17-30)39(32-10-6-3-7-11-32)36-24-26-37(40)27-25-36/h2-27,40H,1H3. The van der Waals surface area contributed by atoms with E-state index >= 15 is 0 Å². The predicted molar refractivity (Wildman–Crippen MR) is 168 cm³/mol. The normalized spacial score (nSPS) is 10.7. The Labute approximate surface area is 235 Å². The molecule has 0 aliphatic heterocycles. The van der Waals surface area contributed by atoms with Crippen LogP contribution in [0, 0.1) is 6.92 Å². The molecule has 1 N–H and O–H groups in total. The van der Waals surface area contributed by atoms with E-state index in [2.05, 4.69) is 126 Å². The third kappa shape index (κ3) is 5.31. The Hall–Kier alpha value is -5.28.